The van der Waals surface area contributed by atoms with E-state index in [1.807, 2.05) is 6.07 Å². The average Bonchev–Trinajstić information content (AvgIpc) is 3.40. The third-order valence-electron chi connectivity index (χ3n) is 6.17. The van der Waals surface area contributed by atoms with E-state index in [0.717, 1.165) is 41.2 Å². The smallest absolute Gasteiger partial charge is 0.145 e. The van der Waals surface area contributed by atoms with Gasteiger partial charge in [-0.1, -0.05) is 54.6 Å². The number of nitrogens with zero attached hydrogens (tertiary/aromatic N) is 4. The molecule has 152 valence electrons. The van der Waals surface area contributed by atoms with E-state index in [0.29, 0.717) is 6.04 Å². The highest BCUT2D eigenvalue weighted by molar-refractivity contribution is 5.83. The Bertz CT molecular complexity index is 1130. The molecule has 4 aromatic rings. The Balaban J connectivity index is 1.46. The summed E-state index contributed by atoms with van der Waals surface area (Å²) in [6, 6.07) is 28.5. The third-order valence-corrected chi connectivity index (χ3v) is 6.17. The van der Waals surface area contributed by atoms with Crippen molar-refractivity contribution in [2.45, 2.75) is 19.0 Å². The van der Waals surface area contributed by atoms with Gasteiger partial charge in [-0.3, -0.25) is 9.47 Å². The lowest BCUT2D eigenvalue weighted by Gasteiger charge is -2.20. The minimum absolute atomic E-state index is 0.676. The summed E-state index contributed by atoms with van der Waals surface area (Å²) in [5.41, 5.74) is 5.80. The van der Waals surface area contributed by atoms with Gasteiger partial charge in [-0.2, -0.15) is 0 Å². The quantitative estimate of drug-likeness (QED) is 0.483. The van der Waals surface area contributed by atoms with Crippen LogP contribution in [0.3, 0.4) is 0 Å². The number of rotatable bonds is 5. The molecule has 0 saturated carbocycles. The van der Waals surface area contributed by atoms with E-state index in [9.17, 15) is 0 Å². The van der Waals surface area contributed by atoms with Gasteiger partial charge in [-0.05, 0) is 50.3 Å². The standard InChI is InChI=1S/C26H28N4/c1-28(2)23-16-17-29(19-23)18-20-12-14-22(15-13-20)30-25-11-7-6-10-24(25)27-26(30)21-8-4-3-5-9-21/h3-15,23H,16-19H2,1-2H3/t23-/m1/s1. The first-order chi connectivity index (χ1) is 14.7. The highest BCUT2D eigenvalue weighted by Crippen LogP contribution is 2.29. The van der Waals surface area contributed by atoms with Crippen LogP contribution >= 0.6 is 0 Å². The topological polar surface area (TPSA) is 24.3 Å². The van der Waals surface area contributed by atoms with Crippen LogP contribution in [0.25, 0.3) is 28.1 Å². The maximum absolute atomic E-state index is 4.94. The Morgan fingerprint density at radius 3 is 2.37 bits per heavy atom. The van der Waals surface area contributed by atoms with Crippen LogP contribution in [0.4, 0.5) is 0 Å². The van der Waals surface area contributed by atoms with Gasteiger partial charge < -0.3 is 4.90 Å². The van der Waals surface area contributed by atoms with E-state index in [2.05, 4.69) is 101 Å². The zero-order valence-electron chi connectivity index (χ0n) is 17.7. The lowest BCUT2D eigenvalue weighted by Crippen LogP contribution is -2.31. The highest BCUT2D eigenvalue weighted by atomic mass is 15.2. The van der Waals surface area contributed by atoms with Crippen LogP contribution in [0, 0.1) is 0 Å². The average molecular weight is 397 g/mol. The molecule has 0 amide bonds. The van der Waals surface area contributed by atoms with E-state index in [1.165, 1.54) is 18.5 Å². The van der Waals surface area contributed by atoms with Crippen molar-refractivity contribution in [2.75, 3.05) is 27.2 Å². The SMILES string of the molecule is CN(C)[C@@H]1CCN(Cc2ccc(-n3c(-c4ccccc4)nc4ccccc43)cc2)C1. The van der Waals surface area contributed by atoms with Gasteiger partial charge in [0.15, 0.2) is 0 Å². The molecule has 1 aromatic heterocycles. The summed E-state index contributed by atoms with van der Waals surface area (Å²) in [6.45, 7) is 3.34. The van der Waals surface area contributed by atoms with Crippen LogP contribution < -0.4 is 0 Å². The second-order valence-electron chi connectivity index (χ2n) is 8.43. The maximum Gasteiger partial charge on any atom is 0.145 e. The number of likely N-dealkylation sites (tertiary alicyclic amines) is 1. The lowest BCUT2D eigenvalue weighted by molar-refractivity contribution is 0.264. The number of aromatic nitrogens is 2. The predicted molar refractivity (Wildman–Crippen MR) is 124 cm³/mol. The molecule has 4 nitrogen and oxygen atoms in total. The molecule has 1 atom stereocenters. The third kappa shape index (κ3) is 3.64. The van der Waals surface area contributed by atoms with Crippen molar-refractivity contribution < 1.29 is 0 Å². The largest absolute Gasteiger partial charge is 0.305 e. The molecule has 3 aromatic carbocycles. The second-order valence-corrected chi connectivity index (χ2v) is 8.43. The van der Waals surface area contributed by atoms with Crippen molar-refractivity contribution in [3.05, 3.63) is 84.4 Å². The fraction of sp³-hybridized carbons (Fsp3) is 0.269. The molecular weight excluding hydrogens is 368 g/mol. The molecule has 4 heteroatoms. The Morgan fingerprint density at radius 2 is 1.63 bits per heavy atom. The van der Waals surface area contributed by atoms with Crippen molar-refractivity contribution in [3.63, 3.8) is 0 Å². The molecule has 1 saturated heterocycles. The van der Waals surface area contributed by atoms with Crippen LogP contribution in [-0.2, 0) is 6.54 Å². The summed E-state index contributed by atoms with van der Waals surface area (Å²) in [5, 5.41) is 0. The van der Waals surface area contributed by atoms with Crippen LogP contribution in [0.5, 0.6) is 0 Å². The van der Waals surface area contributed by atoms with Crippen LogP contribution in [0.15, 0.2) is 78.9 Å². The van der Waals surface area contributed by atoms with Crippen LogP contribution in [0.2, 0.25) is 0 Å². The monoisotopic (exact) mass is 396 g/mol. The molecule has 30 heavy (non-hydrogen) atoms. The Hall–Kier alpha value is -2.95. The number of imidazole rings is 1. The summed E-state index contributed by atoms with van der Waals surface area (Å²) in [7, 11) is 4.37. The van der Waals surface area contributed by atoms with Gasteiger partial charge in [0, 0.05) is 36.9 Å². The van der Waals surface area contributed by atoms with E-state index in [-0.39, 0.29) is 0 Å². The summed E-state index contributed by atoms with van der Waals surface area (Å²) in [6.07, 6.45) is 1.26. The number of fused-ring (bicyclic) bond motifs is 1. The molecule has 0 radical (unpaired) electrons. The van der Waals surface area contributed by atoms with Crippen molar-refractivity contribution in [1.82, 2.24) is 19.4 Å². The minimum Gasteiger partial charge on any atom is -0.305 e. The molecule has 1 aliphatic rings. The van der Waals surface area contributed by atoms with Crippen molar-refractivity contribution >= 4 is 11.0 Å². The number of hydrogen-bond acceptors (Lipinski definition) is 3. The molecule has 1 aliphatic heterocycles. The Kier molecular flexibility index (Phi) is 5.11. The predicted octanol–water partition coefficient (Wildman–Crippen LogP) is 4.83. The molecule has 0 bridgehead atoms. The van der Waals surface area contributed by atoms with Crippen molar-refractivity contribution in [3.8, 4) is 17.1 Å². The fourth-order valence-electron chi connectivity index (χ4n) is 4.45. The van der Waals surface area contributed by atoms with E-state index in [1.54, 1.807) is 0 Å². The summed E-state index contributed by atoms with van der Waals surface area (Å²) in [5.74, 6) is 0.984. The van der Waals surface area contributed by atoms with E-state index < -0.39 is 0 Å². The maximum atomic E-state index is 4.94. The van der Waals surface area contributed by atoms with Crippen molar-refractivity contribution in [2.24, 2.45) is 0 Å². The van der Waals surface area contributed by atoms with Gasteiger partial charge in [-0.25, -0.2) is 4.98 Å². The number of hydrogen-bond donors (Lipinski definition) is 0. The summed E-state index contributed by atoms with van der Waals surface area (Å²) < 4.78 is 2.27. The van der Waals surface area contributed by atoms with Gasteiger partial charge >= 0.3 is 0 Å². The first-order valence-corrected chi connectivity index (χ1v) is 10.7. The summed E-state index contributed by atoms with van der Waals surface area (Å²) in [4.78, 5) is 9.84. The van der Waals surface area contributed by atoms with Gasteiger partial charge in [0.2, 0.25) is 0 Å². The van der Waals surface area contributed by atoms with Gasteiger partial charge in [0.25, 0.3) is 0 Å². The van der Waals surface area contributed by atoms with Crippen LogP contribution in [0.1, 0.15) is 12.0 Å². The fourth-order valence-corrected chi connectivity index (χ4v) is 4.45. The van der Waals surface area contributed by atoms with E-state index in [4.69, 9.17) is 4.98 Å². The zero-order chi connectivity index (χ0) is 20.5. The molecule has 0 unspecified atom stereocenters. The van der Waals surface area contributed by atoms with Crippen molar-refractivity contribution in [1.29, 1.82) is 0 Å². The number of likely N-dealkylation sites (N-methyl/N-ethyl adjacent to an activating group) is 1. The molecule has 0 spiro atoms. The molecule has 2 heterocycles. The number of benzene rings is 3. The number of para-hydroxylation sites is 2. The molecule has 5 rings (SSSR count). The highest BCUT2D eigenvalue weighted by Gasteiger charge is 2.23. The van der Waals surface area contributed by atoms with E-state index >= 15 is 0 Å². The summed E-state index contributed by atoms with van der Waals surface area (Å²) >= 11 is 0. The Morgan fingerprint density at radius 1 is 0.900 bits per heavy atom. The molecular formula is C26H28N4. The molecule has 0 N–H and O–H groups in total. The normalized spacial score (nSPS) is 17.2. The lowest BCUT2D eigenvalue weighted by atomic mass is 10.1. The second kappa shape index (κ2) is 8.05. The van der Waals surface area contributed by atoms with Gasteiger partial charge in [0.1, 0.15) is 5.82 Å². The minimum atomic E-state index is 0.676. The van der Waals surface area contributed by atoms with Gasteiger partial charge in [0.05, 0.1) is 11.0 Å². The first-order valence-electron chi connectivity index (χ1n) is 10.7. The first kappa shape index (κ1) is 19.0. The zero-order valence-corrected chi connectivity index (χ0v) is 17.7. The molecule has 0 aliphatic carbocycles. The Labute approximate surface area is 178 Å². The van der Waals surface area contributed by atoms with Crippen LogP contribution in [-0.4, -0.2) is 52.6 Å². The van der Waals surface area contributed by atoms with Gasteiger partial charge in [-0.15, -0.1) is 0 Å². The molecule has 1 fully saturated rings.